The number of carbonyl (C=O) groups excluding carboxylic acids is 8. The highest BCUT2D eigenvalue weighted by Gasteiger charge is 2.69. The van der Waals surface area contributed by atoms with Crippen molar-refractivity contribution in [2.75, 3.05) is 13.2 Å². The minimum Gasteiger partial charge on any atom is -0.508 e. The summed E-state index contributed by atoms with van der Waals surface area (Å²) in [5.41, 5.74) is -9.19. The van der Waals surface area contributed by atoms with Crippen molar-refractivity contribution in [2.45, 2.75) is 72.2 Å². The molecule has 0 radical (unpaired) electrons. The molecule has 22 heteroatoms. The van der Waals surface area contributed by atoms with Gasteiger partial charge < -0.3 is 70.8 Å². The lowest BCUT2D eigenvalue weighted by Gasteiger charge is -2.48. The van der Waals surface area contributed by atoms with Gasteiger partial charge in [-0.2, -0.15) is 0 Å². The van der Waals surface area contributed by atoms with Crippen molar-refractivity contribution in [3.05, 3.63) is 83.5 Å². The molecule has 2 saturated heterocycles. The van der Waals surface area contributed by atoms with Crippen LogP contribution in [0.25, 0.3) is 12.2 Å². The fraction of sp³-hybridized carbons (Fsp3) is 0.395. The second-order valence-corrected chi connectivity index (χ2v) is 15.8. The number of rotatable bonds is 11. The van der Waals surface area contributed by atoms with Crippen LogP contribution in [0.1, 0.15) is 11.1 Å². The van der Waals surface area contributed by atoms with Gasteiger partial charge in [-0.15, -0.1) is 0 Å². The lowest BCUT2D eigenvalue weighted by atomic mass is 9.62. The average Bonchev–Trinajstić information content (AvgIpc) is 3.28. The van der Waals surface area contributed by atoms with Crippen molar-refractivity contribution < 1.29 is 109 Å². The van der Waals surface area contributed by atoms with Crippen molar-refractivity contribution in [3.63, 3.8) is 0 Å². The summed E-state index contributed by atoms with van der Waals surface area (Å²) in [4.78, 5) is 114. The van der Waals surface area contributed by atoms with E-state index in [1.165, 1.54) is 48.5 Å². The van der Waals surface area contributed by atoms with Gasteiger partial charge in [0.15, 0.2) is 40.5 Å². The molecule has 2 aromatic carbocycles. The van der Waals surface area contributed by atoms with E-state index in [9.17, 15) is 99.6 Å². The number of aliphatic hydroxyl groups is 10. The van der Waals surface area contributed by atoms with E-state index < -0.39 is 155 Å². The average molecular weight is 911 g/mol. The summed E-state index contributed by atoms with van der Waals surface area (Å²) < 4.78 is 10.6. The Morgan fingerprint density at radius 3 is 1.38 bits per heavy atom. The third-order valence-electron chi connectivity index (χ3n) is 11.8. The number of aromatic hydroxyl groups is 2. The third kappa shape index (κ3) is 8.35. The fourth-order valence-corrected chi connectivity index (χ4v) is 8.11. The molecule has 0 aromatic heterocycles. The highest BCUT2D eigenvalue weighted by molar-refractivity contribution is 6.45. The van der Waals surface area contributed by atoms with Crippen LogP contribution in [0.4, 0.5) is 0 Å². The van der Waals surface area contributed by atoms with Gasteiger partial charge in [0.05, 0.1) is 18.8 Å². The number of hydrogen-bond donors (Lipinski definition) is 12. The van der Waals surface area contributed by atoms with Gasteiger partial charge in [-0.05, 0) is 47.5 Å². The van der Waals surface area contributed by atoms with Gasteiger partial charge in [-0.3, -0.25) is 38.4 Å². The molecule has 4 aliphatic rings. The molecule has 22 nitrogen and oxygen atoms in total. The molecule has 0 spiro atoms. The zero-order valence-electron chi connectivity index (χ0n) is 33.4. The molecule has 65 heavy (non-hydrogen) atoms. The monoisotopic (exact) mass is 910 g/mol. The van der Waals surface area contributed by atoms with E-state index in [-0.39, 0.29) is 28.7 Å². The largest absolute Gasteiger partial charge is 0.508 e. The number of Topliss-reactive ketones (excluding diaryl/α,β-unsaturated/α-hetero) is 6. The first kappa shape index (κ1) is 48.6. The quantitative estimate of drug-likeness (QED) is 0.0568. The molecule has 346 valence electrons. The summed E-state index contributed by atoms with van der Waals surface area (Å²) in [5.74, 6) is -23.9. The Morgan fingerprint density at radius 2 is 0.954 bits per heavy atom. The normalized spacial score (nSPS) is 37.7. The van der Waals surface area contributed by atoms with Crippen molar-refractivity contribution in [2.24, 2.45) is 17.8 Å². The molecule has 2 saturated carbocycles. The van der Waals surface area contributed by atoms with E-state index >= 15 is 0 Å². The number of phenolic OH excluding ortho intramolecular Hbond substituents is 2. The number of benzene rings is 2. The summed E-state index contributed by atoms with van der Waals surface area (Å²) in [5, 5.41) is 127. The summed E-state index contributed by atoms with van der Waals surface area (Å²) >= 11 is 0. The zero-order chi connectivity index (χ0) is 48.0. The van der Waals surface area contributed by atoms with Gasteiger partial charge in [0.25, 0.3) is 0 Å². The predicted octanol–water partition coefficient (Wildman–Crippen LogP) is -5.67. The highest BCUT2D eigenvalue weighted by atomic mass is 16.6. The van der Waals surface area contributed by atoms with E-state index in [2.05, 4.69) is 0 Å². The van der Waals surface area contributed by atoms with Crippen LogP contribution in [-0.2, 0) is 47.8 Å². The summed E-state index contributed by atoms with van der Waals surface area (Å²) in [6.45, 7) is -2.38. The molecule has 2 heterocycles. The van der Waals surface area contributed by atoms with Crippen LogP contribution in [0.5, 0.6) is 11.5 Å². The van der Waals surface area contributed by atoms with E-state index in [4.69, 9.17) is 9.47 Å². The molecule has 2 aliphatic carbocycles. The maximum absolute atomic E-state index is 14.5. The molecule has 12 N–H and O–H groups in total. The molecule has 3 unspecified atom stereocenters. The first-order valence-electron chi connectivity index (χ1n) is 19.6. The first-order chi connectivity index (χ1) is 30.5. The Hall–Kier alpha value is -5.86. The van der Waals surface area contributed by atoms with Crippen LogP contribution in [0.15, 0.2) is 72.3 Å². The lowest BCUT2D eigenvalue weighted by molar-refractivity contribution is -0.263. The van der Waals surface area contributed by atoms with Gasteiger partial charge in [0.2, 0.25) is 17.0 Å². The van der Waals surface area contributed by atoms with Crippen LogP contribution >= 0.6 is 0 Å². The van der Waals surface area contributed by atoms with Crippen molar-refractivity contribution in [1.29, 1.82) is 0 Å². The standard InChI is InChI=1S/C43H42O22/c44-14-24-30(52)32(54)34(56)40(64-24)42(62)36(58)20(28(50)26(38(42)60)22(48)11-5-16-1-7-18(46)8-2-16)13-21-29(51)27(23(49)12-6-17-3-9-19(47)10-4-17)39(61)43(63,37(21)59)41-35(57)33(55)31(53)25(15-45)65-41/h1-13,20,24-27,30-35,40-41,44-47,52-57,62-63H,14-15H2/t20?,24-,25-,26?,27?,30-,31-,32+,33+,34-,35-,40-,41-,42-,43+/m1/s1. The van der Waals surface area contributed by atoms with Crippen LogP contribution in [0, 0.1) is 17.8 Å². The van der Waals surface area contributed by atoms with Gasteiger partial charge in [0.1, 0.15) is 90.3 Å². The maximum Gasteiger partial charge on any atom is 0.216 e. The minimum atomic E-state index is -3.98. The molecule has 2 aromatic rings. The molecule has 6 rings (SSSR count). The van der Waals surface area contributed by atoms with Crippen molar-refractivity contribution in [1.82, 2.24) is 0 Å². The van der Waals surface area contributed by atoms with Crippen molar-refractivity contribution >= 4 is 58.4 Å². The van der Waals surface area contributed by atoms with Crippen LogP contribution in [-0.4, -0.2) is 193 Å². The van der Waals surface area contributed by atoms with E-state index in [1.54, 1.807) is 0 Å². The molecular weight excluding hydrogens is 868 g/mol. The second-order valence-electron chi connectivity index (χ2n) is 15.8. The highest BCUT2D eigenvalue weighted by Crippen LogP contribution is 2.42. The van der Waals surface area contributed by atoms with Crippen molar-refractivity contribution in [3.8, 4) is 11.5 Å². The summed E-state index contributed by atoms with van der Waals surface area (Å²) in [6, 6.07) is 9.87. The zero-order valence-corrected chi connectivity index (χ0v) is 33.4. The number of ketones is 8. The minimum absolute atomic E-state index is 0.0755. The Kier molecular flexibility index (Phi) is 13.9. The van der Waals surface area contributed by atoms with Crippen LogP contribution in [0.2, 0.25) is 0 Å². The van der Waals surface area contributed by atoms with Gasteiger partial charge >= 0.3 is 0 Å². The molecular formula is C43H42O22. The van der Waals surface area contributed by atoms with Crippen LogP contribution < -0.4 is 0 Å². The Balaban J connectivity index is 1.53. The summed E-state index contributed by atoms with van der Waals surface area (Å²) in [7, 11) is 0. The smallest absolute Gasteiger partial charge is 0.216 e. The van der Waals surface area contributed by atoms with Gasteiger partial charge in [0, 0.05) is 0 Å². The topological polar surface area (TPSA) is 398 Å². The van der Waals surface area contributed by atoms with Gasteiger partial charge in [-0.1, -0.05) is 42.5 Å². The second kappa shape index (κ2) is 18.6. The predicted molar refractivity (Wildman–Crippen MR) is 210 cm³/mol. The number of aliphatic hydroxyl groups excluding tert-OH is 8. The first-order valence-corrected chi connectivity index (χ1v) is 19.6. The van der Waals surface area contributed by atoms with E-state index in [0.717, 1.165) is 12.2 Å². The fourth-order valence-electron chi connectivity index (χ4n) is 8.11. The SMILES string of the molecule is O=C(C=Cc1ccc(O)cc1)C1C(=O)C(C=C2C(=O)C(C(=O)C=Cc3ccc(O)cc3)C(=O)[C@](O)([C@@H]3O[C@H](CO)[C@@H](O)[C@H](O)[C@H]3O)C2=O)C(=O)[C@](O)([C@@H]2O[C@H](CO)[C@@H](O)[C@H](O)[C@H]2O)C1=O. The number of ether oxygens (including phenoxy) is 2. The number of carbonyl (C=O) groups is 8. The molecule has 0 amide bonds. The lowest BCUT2D eigenvalue weighted by Crippen LogP contribution is -2.74. The molecule has 15 atom stereocenters. The van der Waals surface area contributed by atoms with E-state index in [1.807, 2.05) is 0 Å². The molecule has 2 aliphatic heterocycles. The number of hydrogen-bond acceptors (Lipinski definition) is 22. The van der Waals surface area contributed by atoms with Gasteiger partial charge in [-0.25, -0.2) is 0 Å². The number of phenols is 2. The molecule has 4 fully saturated rings. The molecule has 0 bridgehead atoms. The number of allylic oxidation sites excluding steroid dienone is 3. The Morgan fingerprint density at radius 1 is 0.554 bits per heavy atom. The third-order valence-corrected chi connectivity index (χ3v) is 11.8. The summed E-state index contributed by atoms with van der Waals surface area (Å²) in [6.07, 6.45) is -20.3. The van der Waals surface area contributed by atoms with Crippen LogP contribution in [0.3, 0.4) is 0 Å². The Bertz CT molecular complexity index is 2370. The Labute approximate surface area is 365 Å². The van der Waals surface area contributed by atoms with E-state index in [0.29, 0.717) is 12.2 Å². The maximum atomic E-state index is 14.5.